The van der Waals surface area contributed by atoms with E-state index in [9.17, 15) is 14.4 Å². The molecular weight excluding hydrogens is 1020 g/mol. The van der Waals surface area contributed by atoms with Gasteiger partial charge >= 0.3 is 17.9 Å². The van der Waals surface area contributed by atoms with Crippen molar-refractivity contribution in [2.75, 3.05) is 13.2 Å². The molecule has 0 spiro atoms. The van der Waals surface area contributed by atoms with E-state index in [1.807, 2.05) is 0 Å². The lowest BCUT2D eigenvalue weighted by atomic mass is 10.1. The Labute approximate surface area is 511 Å². The van der Waals surface area contributed by atoms with E-state index in [0.29, 0.717) is 19.3 Å². The lowest BCUT2D eigenvalue weighted by Gasteiger charge is -2.18. The second-order valence-corrected chi connectivity index (χ2v) is 22.0. The predicted molar refractivity (Wildman–Crippen MR) is 362 cm³/mol. The second kappa shape index (κ2) is 69.5. The molecule has 0 radical (unpaired) electrons. The Balaban J connectivity index is 4.47. The Hall–Kier alpha value is -4.97. The van der Waals surface area contributed by atoms with Crippen molar-refractivity contribution in [3.63, 3.8) is 0 Å². The fourth-order valence-corrected chi connectivity index (χ4v) is 8.91. The van der Waals surface area contributed by atoms with Crippen molar-refractivity contribution in [2.45, 2.75) is 297 Å². The Bertz CT molecular complexity index is 1840. The number of allylic oxidation sites excluding steroid dienone is 26. The monoisotopic (exact) mass is 1140 g/mol. The molecule has 0 fully saturated rings. The summed E-state index contributed by atoms with van der Waals surface area (Å²) in [5.41, 5.74) is 0. The van der Waals surface area contributed by atoms with E-state index < -0.39 is 6.10 Å². The van der Waals surface area contributed by atoms with E-state index in [1.165, 1.54) is 77.0 Å². The van der Waals surface area contributed by atoms with Gasteiger partial charge < -0.3 is 14.2 Å². The van der Waals surface area contributed by atoms with E-state index in [4.69, 9.17) is 14.2 Å². The summed E-state index contributed by atoms with van der Waals surface area (Å²) in [4.78, 5) is 38.4. The Morgan fingerprint density at radius 3 is 0.759 bits per heavy atom. The molecule has 6 nitrogen and oxygen atoms in total. The van der Waals surface area contributed by atoms with Crippen molar-refractivity contribution in [2.24, 2.45) is 0 Å². The van der Waals surface area contributed by atoms with Gasteiger partial charge in [-0.1, -0.05) is 275 Å². The van der Waals surface area contributed by atoms with Crippen LogP contribution in [0.2, 0.25) is 0 Å². The van der Waals surface area contributed by atoms with Crippen molar-refractivity contribution >= 4 is 17.9 Å². The molecule has 83 heavy (non-hydrogen) atoms. The van der Waals surface area contributed by atoms with Crippen molar-refractivity contribution in [1.29, 1.82) is 0 Å². The van der Waals surface area contributed by atoms with Crippen LogP contribution in [-0.4, -0.2) is 37.2 Å². The highest BCUT2D eigenvalue weighted by Gasteiger charge is 2.19. The van der Waals surface area contributed by atoms with Crippen LogP contribution in [0, 0.1) is 0 Å². The van der Waals surface area contributed by atoms with Crippen LogP contribution in [0.15, 0.2) is 158 Å². The predicted octanol–water partition coefficient (Wildman–Crippen LogP) is 23.7. The summed E-state index contributed by atoms with van der Waals surface area (Å²) >= 11 is 0. The zero-order valence-electron chi connectivity index (χ0n) is 53.7. The van der Waals surface area contributed by atoms with Gasteiger partial charge in [-0.25, -0.2) is 0 Å². The van der Waals surface area contributed by atoms with Crippen molar-refractivity contribution in [3.8, 4) is 0 Å². The lowest BCUT2D eigenvalue weighted by Crippen LogP contribution is -2.30. The molecule has 0 saturated carbocycles. The summed E-state index contributed by atoms with van der Waals surface area (Å²) in [6.45, 7) is 6.45. The quantitative estimate of drug-likeness (QED) is 0.0261. The maximum absolute atomic E-state index is 12.9. The molecule has 0 aliphatic heterocycles. The molecule has 0 rings (SSSR count). The molecule has 0 aliphatic rings. The minimum Gasteiger partial charge on any atom is -0.462 e. The minimum atomic E-state index is -0.811. The van der Waals surface area contributed by atoms with Crippen LogP contribution in [0.3, 0.4) is 0 Å². The smallest absolute Gasteiger partial charge is 0.306 e. The van der Waals surface area contributed by atoms with Gasteiger partial charge in [-0.15, -0.1) is 0 Å². The van der Waals surface area contributed by atoms with E-state index in [2.05, 4.69) is 179 Å². The van der Waals surface area contributed by atoms with Gasteiger partial charge in [0.1, 0.15) is 13.2 Å². The third-order valence-corrected chi connectivity index (χ3v) is 14.0. The summed E-state index contributed by atoms with van der Waals surface area (Å²) in [6.07, 6.45) is 101. The maximum Gasteiger partial charge on any atom is 0.306 e. The van der Waals surface area contributed by atoms with Crippen molar-refractivity contribution < 1.29 is 28.6 Å². The summed E-state index contributed by atoms with van der Waals surface area (Å²) in [5, 5.41) is 0. The fourth-order valence-electron chi connectivity index (χ4n) is 8.91. The molecule has 0 aromatic heterocycles. The Morgan fingerprint density at radius 2 is 0.470 bits per heavy atom. The number of carbonyl (C=O) groups is 3. The fraction of sp³-hybridized carbons (Fsp3) is 0.623. The first-order valence-electron chi connectivity index (χ1n) is 34.0. The topological polar surface area (TPSA) is 78.9 Å². The third kappa shape index (κ3) is 67.7. The zero-order chi connectivity index (χ0) is 59.9. The number of hydrogen-bond donors (Lipinski definition) is 0. The summed E-state index contributed by atoms with van der Waals surface area (Å²) in [6, 6.07) is 0. The molecular formula is C77H124O6. The standard InChI is InChI=1S/C77H124O6/c1-4-7-10-13-16-19-22-25-28-30-32-34-35-36-37-38-39-40-41-43-44-46-49-52-55-58-61-64-67-70-76(79)82-73-74(72-81-75(78)69-66-63-60-57-54-51-48-27-24-21-18-15-12-9-6-3)83-77(80)71-68-65-62-59-56-53-50-47-45-42-33-31-29-26-23-20-17-14-11-8-5-2/h7,10,16,18-19,21,23,25-28,31-34,36-37,39-40,43-45,47-49,52,74H,4-6,8-9,11-15,17,20,22,24,29-30,35,38,41-42,46,50-51,53-73H2,1-3H3/b10-7-,19-16-,21-18-,26-23-,28-25-,33-31-,34-32-,37-36-,40-39-,44-43-,47-45-,48-27-,52-49-. The molecule has 0 aliphatic carbocycles. The van der Waals surface area contributed by atoms with Crippen LogP contribution in [0.25, 0.3) is 0 Å². The Kier molecular flexibility index (Phi) is 65.4. The van der Waals surface area contributed by atoms with Crippen LogP contribution < -0.4 is 0 Å². The lowest BCUT2D eigenvalue weighted by molar-refractivity contribution is -0.167. The average Bonchev–Trinajstić information content (AvgIpc) is 3.49. The van der Waals surface area contributed by atoms with Crippen LogP contribution in [0.1, 0.15) is 290 Å². The zero-order valence-corrected chi connectivity index (χ0v) is 53.7. The molecule has 0 heterocycles. The summed E-state index contributed by atoms with van der Waals surface area (Å²) in [7, 11) is 0. The van der Waals surface area contributed by atoms with E-state index >= 15 is 0 Å². The van der Waals surface area contributed by atoms with Crippen LogP contribution in [0.5, 0.6) is 0 Å². The molecule has 0 N–H and O–H groups in total. The highest BCUT2D eigenvalue weighted by atomic mass is 16.6. The second-order valence-electron chi connectivity index (χ2n) is 22.0. The molecule has 468 valence electrons. The van der Waals surface area contributed by atoms with E-state index in [1.54, 1.807) is 0 Å². The number of ether oxygens (including phenoxy) is 3. The normalized spacial score (nSPS) is 13.1. The summed E-state index contributed by atoms with van der Waals surface area (Å²) in [5.74, 6) is -0.956. The molecule has 1 atom stereocenters. The molecule has 0 aromatic rings. The van der Waals surface area contributed by atoms with Gasteiger partial charge in [-0.05, 0) is 154 Å². The molecule has 0 aromatic carbocycles. The number of esters is 3. The van der Waals surface area contributed by atoms with Crippen LogP contribution >= 0.6 is 0 Å². The SMILES string of the molecule is CC/C=C\C/C=C\C/C=C\C/C=C\C/C=C\C/C=C\C/C=C\C/C=C\CCCCCCC(=O)OCC(COC(=O)CCCCCCC/C=C\C/C=C\CCCCC)OC(=O)CCCCCCCC/C=C\C/C=C\C/C=C\CCCCCCC. The van der Waals surface area contributed by atoms with Gasteiger partial charge in [0.2, 0.25) is 0 Å². The number of unbranched alkanes of at least 4 members (excludes halogenated alkanes) is 23. The van der Waals surface area contributed by atoms with Crippen LogP contribution in [-0.2, 0) is 28.6 Å². The van der Waals surface area contributed by atoms with Gasteiger partial charge in [0, 0.05) is 19.3 Å². The molecule has 0 saturated heterocycles. The number of carbonyl (C=O) groups excluding carboxylic acids is 3. The first-order chi connectivity index (χ1) is 41.0. The minimum absolute atomic E-state index is 0.105. The number of rotatable bonds is 60. The van der Waals surface area contributed by atoms with Crippen molar-refractivity contribution in [3.05, 3.63) is 158 Å². The first kappa shape index (κ1) is 78.0. The summed E-state index contributed by atoms with van der Waals surface area (Å²) < 4.78 is 16.9. The molecule has 1 unspecified atom stereocenters. The van der Waals surface area contributed by atoms with Gasteiger partial charge in [0.05, 0.1) is 0 Å². The first-order valence-corrected chi connectivity index (χ1v) is 34.0. The van der Waals surface area contributed by atoms with Gasteiger partial charge in [-0.3, -0.25) is 14.4 Å². The maximum atomic E-state index is 12.9. The van der Waals surface area contributed by atoms with Gasteiger partial charge in [0.15, 0.2) is 6.10 Å². The molecule has 0 bridgehead atoms. The largest absolute Gasteiger partial charge is 0.462 e. The van der Waals surface area contributed by atoms with E-state index in [0.717, 1.165) is 173 Å². The average molecular weight is 1150 g/mol. The molecule has 0 amide bonds. The van der Waals surface area contributed by atoms with Gasteiger partial charge in [0.25, 0.3) is 0 Å². The highest BCUT2D eigenvalue weighted by molar-refractivity contribution is 5.71. The highest BCUT2D eigenvalue weighted by Crippen LogP contribution is 2.14. The number of hydrogen-bond acceptors (Lipinski definition) is 6. The van der Waals surface area contributed by atoms with Gasteiger partial charge in [-0.2, -0.15) is 0 Å². The molecule has 6 heteroatoms. The van der Waals surface area contributed by atoms with E-state index in [-0.39, 0.29) is 31.1 Å². The Morgan fingerprint density at radius 1 is 0.253 bits per heavy atom. The van der Waals surface area contributed by atoms with Crippen molar-refractivity contribution in [1.82, 2.24) is 0 Å². The van der Waals surface area contributed by atoms with Crippen LogP contribution in [0.4, 0.5) is 0 Å². The third-order valence-electron chi connectivity index (χ3n) is 14.0.